The number of nitrogens with one attached hydrogen (secondary N) is 1. The molecule has 3 heterocycles. The Balaban J connectivity index is 1.38. The number of hydrogen-bond donors (Lipinski definition) is 2. The van der Waals surface area contributed by atoms with Crippen LogP contribution in [0, 0.1) is 0 Å². The third kappa shape index (κ3) is 3.20. The van der Waals surface area contributed by atoms with Gasteiger partial charge < -0.3 is 15.6 Å². The molecule has 6 nitrogen and oxygen atoms in total. The number of carbonyl (C=O) groups is 1. The topological polar surface area (TPSA) is 87.9 Å². The van der Waals surface area contributed by atoms with Gasteiger partial charge >= 0.3 is 0 Å². The van der Waals surface area contributed by atoms with E-state index in [0.717, 1.165) is 66.4 Å². The van der Waals surface area contributed by atoms with Crippen molar-refractivity contribution in [2.45, 2.75) is 37.5 Å². The summed E-state index contributed by atoms with van der Waals surface area (Å²) in [5.74, 6) is 0.426. The van der Waals surface area contributed by atoms with Gasteiger partial charge in [0.2, 0.25) is 5.95 Å². The van der Waals surface area contributed by atoms with Crippen LogP contribution in [0.4, 0.5) is 5.95 Å². The fourth-order valence-electron chi connectivity index (χ4n) is 5.53. The smallest absolute Gasteiger partial charge is 0.255 e. The third-order valence-electron chi connectivity index (χ3n) is 7.50. The maximum absolute atomic E-state index is 13.2. The first-order valence-electron chi connectivity index (χ1n) is 11.7. The number of rotatable bonds is 4. The van der Waals surface area contributed by atoms with Crippen molar-refractivity contribution < 1.29 is 4.79 Å². The average Bonchev–Trinajstić information content (AvgIpc) is 3.50. The normalized spacial score (nSPS) is 17.3. The number of carbonyl (C=O) groups excluding carboxylic acids is 1. The lowest BCUT2D eigenvalue weighted by Gasteiger charge is -2.43. The molecule has 0 radical (unpaired) electrons. The third-order valence-corrected chi connectivity index (χ3v) is 7.50. The van der Waals surface area contributed by atoms with Gasteiger partial charge in [0.25, 0.3) is 5.91 Å². The van der Waals surface area contributed by atoms with Crippen LogP contribution in [0.2, 0.25) is 0 Å². The zero-order valence-corrected chi connectivity index (χ0v) is 18.6. The molecule has 1 saturated heterocycles. The maximum Gasteiger partial charge on any atom is 0.255 e. The van der Waals surface area contributed by atoms with Gasteiger partial charge in [0, 0.05) is 48.0 Å². The molecule has 2 aromatic carbocycles. The first-order valence-corrected chi connectivity index (χ1v) is 11.7. The summed E-state index contributed by atoms with van der Waals surface area (Å²) in [6.07, 6.45) is 11.3. The summed E-state index contributed by atoms with van der Waals surface area (Å²) < 4.78 is 0. The monoisotopic (exact) mass is 437 g/mol. The second kappa shape index (κ2) is 7.73. The molecular weight excluding hydrogens is 410 g/mol. The molecule has 6 rings (SSSR count). The quantitative estimate of drug-likeness (QED) is 0.475. The Morgan fingerprint density at radius 2 is 1.67 bits per heavy atom. The molecule has 1 saturated carbocycles. The van der Waals surface area contributed by atoms with Gasteiger partial charge in [-0.3, -0.25) is 4.79 Å². The average molecular weight is 438 g/mol. The molecule has 6 heteroatoms. The van der Waals surface area contributed by atoms with Gasteiger partial charge in [-0.05, 0) is 48.4 Å². The van der Waals surface area contributed by atoms with Crippen LogP contribution in [0.15, 0.2) is 61.1 Å². The molecule has 3 N–H and O–H groups in total. The number of hydrogen-bond acceptors (Lipinski definition) is 4. The van der Waals surface area contributed by atoms with Crippen molar-refractivity contribution in [2.75, 3.05) is 18.8 Å². The van der Waals surface area contributed by atoms with E-state index in [1.165, 1.54) is 17.5 Å². The minimum atomic E-state index is -0.0241. The van der Waals surface area contributed by atoms with Gasteiger partial charge in [0.05, 0.1) is 11.1 Å². The number of benzene rings is 2. The minimum absolute atomic E-state index is 0.0241. The Kier molecular flexibility index (Phi) is 4.68. The van der Waals surface area contributed by atoms with E-state index in [1.807, 2.05) is 17.0 Å². The van der Waals surface area contributed by atoms with Crippen molar-refractivity contribution in [1.29, 1.82) is 0 Å². The van der Waals surface area contributed by atoms with Crippen molar-refractivity contribution >= 4 is 22.8 Å². The Bertz CT molecular complexity index is 1310. The maximum atomic E-state index is 13.2. The predicted octanol–water partition coefficient (Wildman–Crippen LogP) is 4.91. The highest BCUT2D eigenvalue weighted by atomic mass is 16.2. The second-order valence-corrected chi connectivity index (χ2v) is 9.27. The van der Waals surface area contributed by atoms with Crippen LogP contribution >= 0.6 is 0 Å². The summed E-state index contributed by atoms with van der Waals surface area (Å²) in [7, 11) is 0. The Hall–Kier alpha value is -3.67. The Morgan fingerprint density at radius 3 is 2.33 bits per heavy atom. The lowest BCUT2D eigenvalue weighted by Crippen LogP contribution is -2.35. The summed E-state index contributed by atoms with van der Waals surface area (Å²) >= 11 is 0. The van der Waals surface area contributed by atoms with Crippen molar-refractivity contribution in [3.8, 4) is 11.1 Å². The summed E-state index contributed by atoms with van der Waals surface area (Å²) in [4.78, 5) is 26.8. The van der Waals surface area contributed by atoms with E-state index >= 15 is 0 Å². The van der Waals surface area contributed by atoms with Crippen LogP contribution < -0.4 is 5.73 Å². The van der Waals surface area contributed by atoms with Crippen LogP contribution in [-0.2, 0) is 5.41 Å². The van der Waals surface area contributed by atoms with Gasteiger partial charge in [-0.25, -0.2) is 9.97 Å². The standard InChI is InChI=1S/C27H27N5O/c28-26-30-15-19(16-31-26)18-7-9-20(10-8-18)27(11-4-12-27)23-17-29-24-21(23)5-3-6-22(24)25(33)32-13-1-2-14-32/h3,5-10,15-17,29H,1-2,4,11-14H2,(H2,28,30,31). The Morgan fingerprint density at radius 1 is 0.939 bits per heavy atom. The van der Waals surface area contributed by atoms with E-state index < -0.39 is 0 Å². The molecule has 0 bridgehead atoms. The molecule has 2 aliphatic rings. The van der Waals surface area contributed by atoms with E-state index in [-0.39, 0.29) is 17.3 Å². The van der Waals surface area contributed by atoms with Gasteiger partial charge in [0.1, 0.15) is 0 Å². The largest absolute Gasteiger partial charge is 0.368 e. The highest BCUT2D eigenvalue weighted by molar-refractivity contribution is 6.06. The molecule has 4 aromatic rings. The molecule has 1 aliphatic heterocycles. The highest BCUT2D eigenvalue weighted by Gasteiger charge is 2.42. The number of amides is 1. The molecule has 166 valence electrons. The van der Waals surface area contributed by atoms with Gasteiger partial charge in [-0.15, -0.1) is 0 Å². The second-order valence-electron chi connectivity index (χ2n) is 9.27. The summed E-state index contributed by atoms with van der Waals surface area (Å²) in [5.41, 5.74) is 12.0. The number of nitrogens with two attached hydrogens (primary N) is 1. The number of nitrogen functional groups attached to an aromatic ring is 1. The van der Waals surface area contributed by atoms with Crippen molar-refractivity contribution in [2.24, 2.45) is 0 Å². The fourth-order valence-corrected chi connectivity index (χ4v) is 5.53. The number of anilines is 1. The lowest BCUT2D eigenvalue weighted by molar-refractivity contribution is 0.0794. The summed E-state index contributed by atoms with van der Waals surface area (Å²) in [6.45, 7) is 1.72. The van der Waals surface area contributed by atoms with Crippen LogP contribution in [0.3, 0.4) is 0 Å². The summed E-state index contributed by atoms with van der Waals surface area (Å²) in [5, 5.41) is 1.16. The summed E-state index contributed by atoms with van der Waals surface area (Å²) in [6, 6.07) is 14.9. The lowest BCUT2D eigenvalue weighted by atomic mass is 9.60. The number of aromatic nitrogens is 3. The van der Waals surface area contributed by atoms with Crippen LogP contribution in [-0.4, -0.2) is 38.8 Å². The number of aromatic amines is 1. The van der Waals surface area contributed by atoms with Crippen molar-refractivity contribution in [3.05, 3.63) is 77.7 Å². The number of para-hydroxylation sites is 1. The number of nitrogens with zero attached hydrogens (tertiary/aromatic N) is 3. The van der Waals surface area contributed by atoms with Crippen LogP contribution in [0.1, 0.15) is 53.6 Å². The van der Waals surface area contributed by atoms with Crippen molar-refractivity contribution in [1.82, 2.24) is 19.9 Å². The highest BCUT2D eigenvalue weighted by Crippen LogP contribution is 2.51. The van der Waals surface area contributed by atoms with Crippen LogP contribution in [0.5, 0.6) is 0 Å². The SMILES string of the molecule is Nc1ncc(-c2ccc(C3(c4c[nH]c5c(C(=O)N6CCCC6)cccc45)CCC3)cc2)cn1. The van der Waals surface area contributed by atoms with Gasteiger partial charge in [-0.1, -0.05) is 42.8 Å². The molecule has 1 amide bonds. The molecule has 2 fully saturated rings. The van der Waals surface area contributed by atoms with Crippen LogP contribution in [0.25, 0.3) is 22.0 Å². The number of H-pyrrole nitrogens is 1. The van der Waals surface area contributed by atoms with E-state index in [9.17, 15) is 4.79 Å². The molecule has 0 unspecified atom stereocenters. The van der Waals surface area contributed by atoms with Crippen molar-refractivity contribution in [3.63, 3.8) is 0 Å². The van der Waals surface area contributed by atoms with E-state index in [1.54, 1.807) is 12.4 Å². The number of likely N-dealkylation sites (tertiary alicyclic amines) is 1. The molecule has 0 spiro atoms. The van der Waals surface area contributed by atoms with E-state index in [0.29, 0.717) is 0 Å². The molecular formula is C27H27N5O. The van der Waals surface area contributed by atoms with Gasteiger partial charge in [-0.2, -0.15) is 0 Å². The molecule has 33 heavy (non-hydrogen) atoms. The Labute approximate surface area is 192 Å². The fraction of sp³-hybridized carbons (Fsp3) is 0.296. The molecule has 2 aromatic heterocycles. The number of fused-ring (bicyclic) bond motifs is 1. The molecule has 0 atom stereocenters. The first kappa shape index (κ1) is 20.0. The van der Waals surface area contributed by atoms with E-state index in [2.05, 4.69) is 51.5 Å². The zero-order valence-electron chi connectivity index (χ0n) is 18.6. The van der Waals surface area contributed by atoms with E-state index in [4.69, 9.17) is 5.73 Å². The minimum Gasteiger partial charge on any atom is -0.368 e. The first-order chi connectivity index (χ1) is 16.2. The zero-order chi connectivity index (χ0) is 22.4. The molecule has 1 aliphatic carbocycles. The predicted molar refractivity (Wildman–Crippen MR) is 130 cm³/mol. The van der Waals surface area contributed by atoms with Gasteiger partial charge in [0.15, 0.2) is 0 Å².